The third-order valence-corrected chi connectivity index (χ3v) is 9.49. The van der Waals surface area contributed by atoms with Crippen LogP contribution in [-0.4, -0.2) is 10.4 Å². The first-order valence-electron chi connectivity index (χ1n) is 14.8. The van der Waals surface area contributed by atoms with Crippen LogP contribution in [0.15, 0.2) is 6.08 Å². The number of aryl methyl sites for hydroxylation is 4. The Balaban J connectivity index is 1.92. The predicted molar refractivity (Wildman–Crippen MR) is 167 cm³/mol. The van der Waals surface area contributed by atoms with Crippen LogP contribution < -0.4 is 0 Å². The van der Waals surface area contributed by atoms with Crippen LogP contribution in [0.2, 0.25) is 0 Å². The predicted octanol–water partition coefficient (Wildman–Crippen LogP) is 9.55. The molecule has 1 heterocycles. The van der Waals surface area contributed by atoms with Crippen molar-refractivity contribution < 1.29 is 4.79 Å². The van der Waals surface area contributed by atoms with Crippen molar-refractivity contribution in [1.29, 1.82) is 0 Å². The Morgan fingerprint density at radius 3 is 1.79 bits per heavy atom. The van der Waals surface area contributed by atoms with E-state index in [1.54, 1.807) is 5.56 Å². The first kappa shape index (κ1) is 29.9. The van der Waals surface area contributed by atoms with Gasteiger partial charge in [0.2, 0.25) is 0 Å². The van der Waals surface area contributed by atoms with Crippen LogP contribution in [0, 0.1) is 55.4 Å². The highest BCUT2D eigenvalue weighted by molar-refractivity contribution is 5.96. The molecule has 0 atom stereocenters. The van der Waals surface area contributed by atoms with Gasteiger partial charge in [0.1, 0.15) is 0 Å². The number of hydrogen-bond donors (Lipinski definition) is 0. The molecule has 38 heavy (non-hydrogen) atoms. The van der Waals surface area contributed by atoms with Crippen molar-refractivity contribution in [2.75, 3.05) is 0 Å². The van der Waals surface area contributed by atoms with Gasteiger partial charge < -0.3 is 4.57 Å². The lowest BCUT2D eigenvalue weighted by molar-refractivity contribution is -0.114. The first-order chi connectivity index (χ1) is 18.0. The zero-order chi connectivity index (χ0) is 28.3. The quantitative estimate of drug-likeness (QED) is 0.234. The smallest absolute Gasteiger partial charge is 0.156 e. The molecule has 0 amide bonds. The molecular formula is C36H51NO. The van der Waals surface area contributed by atoms with E-state index >= 15 is 0 Å². The van der Waals surface area contributed by atoms with Gasteiger partial charge in [-0.25, -0.2) is 0 Å². The Kier molecular flexibility index (Phi) is 9.85. The summed E-state index contributed by atoms with van der Waals surface area (Å²) in [4.78, 5) is 13.2. The summed E-state index contributed by atoms with van der Waals surface area (Å²) in [7, 11) is 2.16. The maximum absolute atomic E-state index is 13.2. The summed E-state index contributed by atoms with van der Waals surface area (Å²) < 4.78 is 2.33. The molecule has 0 unspecified atom stereocenters. The highest BCUT2D eigenvalue weighted by Crippen LogP contribution is 2.35. The van der Waals surface area contributed by atoms with Gasteiger partial charge in [-0.15, -0.1) is 0 Å². The molecule has 0 spiro atoms. The molecule has 0 aliphatic carbocycles. The lowest BCUT2D eigenvalue weighted by Gasteiger charge is -2.21. The number of carbonyl (C=O) groups is 1. The molecule has 0 bridgehead atoms. The van der Waals surface area contributed by atoms with Crippen molar-refractivity contribution in [3.63, 3.8) is 0 Å². The van der Waals surface area contributed by atoms with Crippen molar-refractivity contribution >= 4 is 22.8 Å². The molecule has 0 aliphatic rings. The number of benzene rings is 2. The lowest BCUT2D eigenvalue weighted by atomic mass is 9.84. The zero-order valence-corrected chi connectivity index (χ0v) is 26.2. The number of fused-ring (bicyclic) bond motifs is 1. The van der Waals surface area contributed by atoms with Crippen molar-refractivity contribution in [3.8, 4) is 0 Å². The van der Waals surface area contributed by atoms with E-state index in [4.69, 9.17) is 0 Å². The molecule has 3 rings (SSSR count). The normalized spacial score (nSPS) is 11.9. The van der Waals surface area contributed by atoms with E-state index in [2.05, 4.69) is 86.9 Å². The van der Waals surface area contributed by atoms with Gasteiger partial charge in [-0.1, -0.05) is 32.8 Å². The molecule has 2 heteroatoms. The Hall–Kier alpha value is -2.61. The molecule has 0 aliphatic heterocycles. The molecule has 0 fully saturated rings. The average molecular weight is 514 g/mol. The first-order valence-corrected chi connectivity index (χ1v) is 14.8. The van der Waals surface area contributed by atoms with Gasteiger partial charge in [-0.2, -0.15) is 0 Å². The Bertz CT molecular complexity index is 1380. The second kappa shape index (κ2) is 12.5. The van der Waals surface area contributed by atoms with Crippen molar-refractivity contribution in [3.05, 3.63) is 73.0 Å². The van der Waals surface area contributed by atoms with E-state index in [0.29, 0.717) is 6.42 Å². The molecule has 3 aromatic rings. The number of ketones is 1. The third-order valence-electron chi connectivity index (χ3n) is 9.49. The van der Waals surface area contributed by atoms with E-state index in [1.807, 2.05) is 6.08 Å². The molecule has 2 aromatic carbocycles. The summed E-state index contributed by atoms with van der Waals surface area (Å²) >= 11 is 0. The maximum atomic E-state index is 13.2. The topological polar surface area (TPSA) is 22.0 Å². The van der Waals surface area contributed by atoms with Gasteiger partial charge in [0.05, 0.1) is 5.52 Å². The van der Waals surface area contributed by atoms with E-state index in [9.17, 15) is 4.79 Å². The number of hydrogen-bond acceptors (Lipinski definition) is 1. The Labute approximate surface area is 232 Å². The fourth-order valence-electron chi connectivity index (χ4n) is 6.40. The van der Waals surface area contributed by atoms with E-state index < -0.39 is 0 Å². The fraction of sp³-hybridized carbons (Fsp3) is 0.528. The van der Waals surface area contributed by atoms with Gasteiger partial charge in [-0.05, 0) is 155 Å². The van der Waals surface area contributed by atoms with E-state index in [0.717, 1.165) is 19.3 Å². The van der Waals surface area contributed by atoms with Gasteiger partial charge in [-0.3, -0.25) is 4.79 Å². The molecule has 206 valence electrons. The molecule has 0 N–H and O–H groups in total. The van der Waals surface area contributed by atoms with Crippen LogP contribution in [0.5, 0.6) is 0 Å². The van der Waals surface area contributed by atoms with Crippen LogP contribution >= 0.6 is 0 Å². The second-order valence-corrected chi connectivity index (χ2v) is 11.6. The van der Waals surface area contributed by atoms with Crippen LogP contribution in [0.25, 0.3) is 17.0 Å². The summed E-state index contributed by atoms with van der Waals surface area (Å²) in [5.74, 6) is 0.209. The SMILES string of the molecule is CCCCc1c(C)c(C)c(/C=C/C(=O)CCc2c(C)n(C)c3c(C)c(C)c(C)c(C)c23)c(C)c1CCCC. The number of allylic oxidation sites excluding steroid dienone is 1. The second-order valence-electron chi connectivity index (χ2n) is 11.6. The van der Waals surface area contributed by atoms with Crippen LogP contribution in [0.4, 0.5) is 0 Å². The van der Waals surface area contributed by atoms with Crippen LogP contribution in [0.3, 0.4) is 0 Å². The number of nitrogens with zero attached hydrogens (tertiary/aromatic N) is 1. The maximum Gasteiger partial charge on any atom is 0.156 e. The highest BCUT2D eigenvalue weighted by Gasteiger charge is 2.20. The fourth-order valence-corrected chi connectivity index (χ4v) is 6.40. The monoisotopic (exact) mass is 513 g/mol. The zero-order valence-electron chi connectivity index (χ0n) is 26.2. The van der Waals surface area contributed by atoms with Gasteiger partial charge in [0.15, 0.2) is 5.78 Å². The Morgan fingerprint density at radius 2 is 1.21 bits per heavy atom. The number of aromatic nitrogens is 1. The molecule has 0 saturated carbocycles. The van der Waals surface area contributed by atoms with Crippen molar-refractivity contribution in [1.82, 2.24) is 4.57 Å². The summed E-state index contributed by atoms with van der Waals surface area (Å²) in [5, 5.41) is 1.35. The van der Waals surface area contributed by atoms with Crippen LogP contribution in [-0.2, 0) is 31.1 Å². The summed E-state index contributed by atoms with van der Waals surface area (Å²) in [6.07, 6.45) is 12.4. The van der Waals surface area contributed by atoms with Crippen LogP contribution in [0.1, 0.15) is 113 Å². The highest BCUT2D eigenvalue weighted by atomic mass is 16.1. The summed E-state index contributed by atoms with van der Waals surface area (Å²) in [6.45, 7) is 22.5. The minimum absolute atomic E-state index is 0.209. The minimum atomic E-state index is 0.209. The molecule has 0 saturated heterocycles. The van der Waals surface area contributed by atoms with Crippen molar-refractivity contribution in [2.45, 2.75) is 121 Å². The van der Waals surface area contributed by atoms with Gasteiger partial charge in [0, 0.05) is 24.5 Å². The third kappa shape index (κ3) is 5.56. The van der Waals surface area contributed by atoms with E-state index in [1.165, 1.54) is 97.9 Å². The van der Waals surface area contributed by atoms with E-state index in [-0.39, 0.29) is 5.78 Å². The number of rotatable bonds is 11. The molecule has 0 radical (unpaired) electrons. The molecular weight excluding hydrogens is 462 g/mol. The number of unbranched alkanes of at least 4 members (excludes halogenated alkanes) is 2. The summed E-state index contributed by atoms with van der Waals surface area (Å²) in [6, 6.07) is 0. The average Bonchev–Trinajstić information content (AvgIpc) is 3.15. The van der Waals surface area contributed by atoms with Gasteiger partial charge >= 0.3 is 0 Å². The van der Waals surface area contributed by atoms with Crippen molar-refractivity contribution in [2.24, 2.45) is 7.05 Å². The standard InChI is InChI=1S/C36H51NO/c1-12-14-16-32-25(6)24(5)31(28(9)33(32)17-15-13-2)20-18-30(38)19-21-34-29(10)37(11)36-27(8)23(4)22(3)26(7)35(34)36/h18,20H,12-17,19,21H2,1-11H3/b20-18+. The number of carbonyl (C=O) groups excluding carboxylic acids is 1. The summed E-state index contributed by atoms with van der Waals surface area (Å²) in [5.41, 5.74) is 17.9. The van der Waals surface area contributed by atoms with Gasteiger partial charge in [0.25, 0.3) is 0 Å². The molecule has 2 nitrogen and oxygen atoms in total. The molecule has 1 aromatic heterocycles. The largest absolute Gasteiger partial charge is 0.347 e. The lowest BCUT2D eigenvalue weighted by Crippen LogP contribution is -2.07. The minimum Gasteiger partial charge on any atom is -0.347 e. The Morgan fingerprint density at radius 1 is 0.658 bits per heavy atom.